The molecule has 0 heterocycles. The number of halogens is 1. The lowest BCUT2D eigenvalue weighted by Gasteiger charge is -2.23. The van der Waals surface area contributed by atoms with Crippen molar-refractivity contribution in [2.45, 2.75) is 34.1 Å². The Labute approximate surface area is 172 Å². The summed E-state index contributed by atoms with van der Waals surface area (Å²) in [4.78, 5) is 0. The summed E-state index contributed by atoms with van der Waals surface area (Å²) < 4.78 is 6.04. The van der Waals surface area contributed by atoms with Crippen molar-refractivity contribution in [3.05, 3.63) is 81.9 Å². The van der Waals surface area contributed by atoms with Gasteiger partial charge in [0.1, 0.15) is 5.76 Å². The second kappa shape index (κ2) is 10.5. The predicted molar refractivity (Wildman–Crippen MR) is 116 cm³/mol. The summed E-state index contributed by atoms with van der Waals surface area (Å²) in [6, 6.07) is 2.16. The molecule has 5 heteroatoms. The van der Waals surface area contributed by atoms with Gasteiger partial charge in [0.15, 0.2) is 0 Å². The molecule has 0 saturated heterocycles. The SMILES string of the molecule is C/C=N/N(C1=CC=C(C#N)CC(Cl)=C1)/C(C)=C(\C)OCC1C=CC=C(C)C=C1. The number of hydrazone groups is 1. The average Bonchev–Trinajstić information content (AvgIpc) is 3.00. The van der Waals surface area contributed by atoms with Crippen LogP contribution >= 0.6 is 11.6 Å². The molecule has 1 unspecified atom stereocenters. The molecule has 0 N–H and O–H groups in total. The fourth-order valence-electron chi connectivity index (χ4n) is 2.69. The van der Waals surface area contributed by atoms with E-state index in [2.05, 4.69) is 48.5 Å². The van der Waals surface area contributed by atoms with Crippen molar-refractivity contribution in [2.75, 3.05) is 6.61 Å². The van der Waals surface area contributed by atoms with Gasteiger partial charge < -0.3 is 4.74 Å². The van der Waals surface area contributed by atoms with Crippen LogP contribution in [-0.2, 0) is 4.74 Å². The second-order valence-electron chi connectivity index (χ2n) is 6.62. The van der Waals surface area contributed by atoms with Crippen molar-refractivity contribution in [1.29, 1.82) is 5.26 Å². The fraction of sp³-hybridized carbons (Fsp3) is 0.304. The van der Waals surface area contributed by atoms with E-state index < -0.39 is 0 Å². The van der Waals surface area contributed by atoms with E-state index in [1.54, 1.807) is 17.3 Å². The summed E-state index contributed by atoms with van der Waals surface area (Å²) in [5.41, 5.74) is 3.47. The van der Waals surface area contributed by atoms with Crippen LogP contribution in [-0.4, -0.2) is 17.8 Å². The van der Waals surface area contributed by atoms with Gasteiger partial charge in [-0.2, -0.15) is 10.4 Å². The molecular weight excluding hydrogens is 370 g/mol. The van der Waals surface area contributed by atoms with Gasteiger partial charge in [-0.05, 0) is 45.9 Å². The standard InChI is InChI=1S/C23H26ClN3O/c1-5-26-27(23-12-11-21(15-25)13-22(24)14-23)18(3)19(4)28-16-20-8-6-7-17(2)9-10-20/h5-12,14,20H,13,16H2,1-4H3/b19-18+,26-5+. The highest BCUT2D eigenvalue weighted by molar-refractivity contribution is 6.30. The van der Waals surface area contributed by atoms with Crippen molar-refractivity contribution in [3.8, 4) is 6.07 Å². The molecule has 28 heavy (non-hydrogen) atoms. The van der Waals surface area contributed by atoms with Crippen LogP contribution in [0.1, 0.15) is 34.1 Å². The highest BCUT2D eigenvalue weighted by Crippen LogP contribution is 2.26. The Balaban J connectivity index is 2.21. The van der Waals surface area contributed by atoms with Crippen LogP contribution in [0.2, 0.25) is 0 Å². The van der Waals surface area contributed by atoms with Crippen LogP contribution < -0.4 is 0 Å². The predicted octanol–water partition coefficient (Wildman–Crippen LogP) is 6.11. The Hall–Kier alpha value is -2.77. The van der Waals surface area contributed by atoms with Crippen molar-refractivity contribution < 1.29 is 4.74 Å². The van der Waals surface area contributed by atoms with E-state index in [4.69, 9.17) is 21.6 Å². The van der Waals surface area contributed by atoms with E-state index in [-0.39, 0.29) is 5.92 Å². The Morgan fingerprint density at radius 1 is 1.36 bits per heavy atom. The number of nitriles is 1. The third-order valence-corrected chi connectivity index (χ3v) is 4.62. The largest absolute Gasteiger partial charge is 0.495 e. The number of rotatable bonds is 6. The maximum atomic E-state index is 9.17. The van der Waals surface area contributed by atoms with Crippen molar-refractivity contribution in [3.63, 3.8) is 0 Å². The summed E-state index contributed by atoms with van der Waals surface area (Å²) in [6.07, 6.45) is 18.1. The molecule has 4 nitrogen and oxygen atoms in total. The molecule has 0 fully saturated rings. The quantitative estimate of drug-likeness (QED) is 0.309. The normalized spacial score (nSPS) is 20.2. The Bertz CT molecular complexity index is 876. The minimum Gasteiger partial charge on any atom is -0.495 e. The molecule has 0 aromatic carbocycles. The number of hydrogen-bond acceptors (Lipinski definition) is 4. The van der Waals surface area contributed by atoms with Crippen LogP contribution in [0.3, 0.4) is 0 Å². The van der Waals surface area contributed by atoms with E-state index in [0.29, 0.717) is 23.6 Å². The zero-order valence-corrected chi connectivity index (χ0v) is 17.6. The molecule has 0 aromatic heterocycles. The van der Waals surface area contributed by atoms with Gasteiger partial charge in [0.25, 0.3) is 0 Å². The third kappa shape index (κ3) is 6.14. The number of nitrogens with zero attached hydrogens (tertiary/aromatic N) is 3. The van der Waals surface area contributed by atoms with Crippen LogP contribution in [0.5, 0.6) is 0 Å². The zero-order chi connectivity index (χ0) is 20.5. The maximum absolute atomic E-state index is 9.17. The Morgan fingerprint density at radius 2 is 2.14 bits per heavy atom. The molecule has 2 rings (SSSR count). The summed E-state index contributed by atoms with van der Waals surface area (Å²) in [5.74, 6) is 0.993. The lowest BCUT2D eigenvalue weighted by atomic mass is 10.1. The van der Waals surface area contributed by atoms with Gasteiger partial charge in [0.05, 0.1) is 24.1 Å². The fourth-order valence-corrected chi connectivity index (χ4v) is 2.94. The molecule has 0 aromatic rings. The van der Waals surface area contributed by atoms with Crippen LogP contribution in [0.4, 0.5) is 0 Å². The molecule has 146 valence electrons. The van der Waals surface area contributed by atoms with E-state index in [0.717, 1.165) is 17.2 Å². The lowest BCUT2D eigenvalue weighted by molar-refractivity contribution is 0.187. The molecule has 0 amide bonds. The monoisotopic (exact) mass is 395 g/mol. The Morgan fingerprint density at radius 3 is 2.86 bits per heavy atom. The van der Waals surface area contributed by atoms with Crippen LogP contribution in [0, 0.1) is 17.2 Å². The van der Waals surface area contributed by atoms with Crippen LogP contribution in [0.15, 0.2) is 87.0 Å². The van der Waals surface area contributed by atoms with Gasteiger partial charge in [-0.15, -0.1) is 0 Å². The smallest absolute Gasteiger partial charge is 0.114 e. The second-order valence-corrected chi connectivity index (χ2v) is 7.11. The van der Waals surface area contributed by atoms with Crippen molar-refractivity contribution in [2.24, 2.45) is 11.0 Å². The maximum Gasteiger partial charge on any atom is 0.114 e. The number of allylic oxidation sites excluding steroid dienone is 11. The van der Waals surface area contributed by atoms with E-state index in [1.807, 2.05) is 32.9 Å². The van der Waals surface area contributed by atoms with E-state index in [9.17, 15) is 0 Å². The minimum absolute atomic E-state index is 0.215. The lowest BCUT2D eigenvalue weighted by Crippen LogP contribution is -2.16. The molecule has 0 aliphatic heterocycles. The molecule has 0 bridgehead atoms. The highest BCUT2D eigenvalue weighted by Gasteiger charge is 2.15. The van der Waals surface area contributed by atoms with E-state index in [1.165, 1.54) is 5.57 Å². The first kappa shape index (κ1) is 21.5. The highest BCUT2D eigenvalue weighted by atomic mass is 35.5. The van der Waals surface area contributed by atoms with Crippen molar-refractivity contribution in [1.82, 2.24) is 5.01 Å². The van der Waals surface area contributed by atoms with Crippen LogP contribution in [0.25, 0.3) is 0 Å². The Kier molecular flexibility index (Phi) is 8.10. The van der Waals surface area contributed by atoms with Gasteiger partial charge in [-0.3, -0.25) is 0 Å². The first-order valence-corrected chi connectivity index (χ1v) is 9.61. The summed E-state index contributed by atoms with van der Waals surface area (Å²) in [5, 5.41) is 16.0. The molecule has 0 saturated carbocycles. The molecular formula is C23H26ClN3O. The average molecular weight is 396 g/mol. The zero-order valence-electron chi connectivity index (χ0n) is 16.8. The van der Waals surface area contributed by atoms with Gasteiger partial charge in [0.2, 0.25) is 0 Å². The summed E-state index contributed by atoms with van der Waals surface area (Å²) in [6.45, 7) is 8.36. The first-order chi connectivity index (χ1) is 13.4. The minimum atomic E-state index is 0.215. The topological polar surface area (TPSA) is 48.6 Å². The molecule has 0 spiro atoms. The summed E-state index contributed by atoms with van der Waals surface area (Å²) >= 11 is 6.29. The third-order valence-electron chi connectivity index (χ3n) is 4.38. The van der Waals surface area contributed by atoms with E-state index >= 15 is 0 Å². The molecule has 2 aliphatic rings. The number of ether oxygens (including phenoxy) is 1. The van der Waals surface area contributed by atoms with Gasteiger partial charge in [-0.1, -0.05) is 47.6 Å². The summed E-state index contributed by atoms with van der Waals surface area (Å²) in [7, 11) is 0. The first-order valence-electron chi connectivity index (χ1n) is 9.24. The van der Waals surface area contributed by atoms with Gasteiger partial charge in [-0.25, -0.2) is 5.01 Å². The van der Waals surface area contributed by atoms with Gasteiger partial charge >= 0.3 is 0 Å². The number of hydrogen-bond donors (Lipinski definition) is 0. The molecule has 0 radical (unpaired) electrons. The molecule has 2 aliphatic carbocycles. The van der Waals surface area contributed by atoms with Crippen molar-refractivity contribution >= 4 is 17.8 Å². The van der Waals surface area contributed by atoms with Gasteiger partial charge in [0, 0.05) is 29.2 Å². The molecule has 1 atom stereocenters.